The summed E-state index contributed by atoms with van der Waals surface area (Å²) in [6, 6.07) is 15.5. The number of carbonyl (C=O) groups is 2. The van der Waals surface area contributed by atoms with Crippen molar-refractivity contribution < 1.29 is 14.0 Å². The summed E-state index contributed by atoms with van der Waals surface area (Å²) in [6.45, 7) is 3.27. The third-order valence-corrected chi connectivity index (χ3v) is 5.14. The zero-order valence-electron chi connectivity index (χ0n) is 15.5. The SMILES string of the molecule is CCC(C(=O)N1CCC(NC(=O)c2cccc(F)c2)CC1)c1ccccc1. The van der Waals surface area contributed by atoms with Crippen molar-refractivity contribution in [1.82, 2.24) is 10.2 Å². The van der Waals surface area contributed by atoms with Crippen molar-refractivity contribution in [1.29, 1.82) is 0 Å². The van der Waals surface area contributed by atoms with Gasteiger partial charge in [-0.15, -0.1) is 0 Å². The summed E-state index contributed by atoms with van der Waals surface area (Å²) in [6.07, 6.45) is 2.18. The van der Waals surface area contributed by atoms with Gasteiger partial charge in [0.25, 0.3) is 5.91 Å². The number of nitrogens with one attached hydrogen (secondary N) is 1. The van der Waals surface area contributed by atoms with Gasteiger partial charge in [0.05, 0.1) is 5.92 Å². The Hall–Kier alpha value is -2.69. The minimum atomic E-state index is -0.422. The predicted octanol–water partition coefficient (Wildman–Crippen LogP) is 3.74. The van der Waals surface area contributed by atoms with Crippen LogP contribution in [-0.4, -0.2) is 35.8 Å². The molecule has 5 heteroatoms. The number of carbonyl (C=O) groups excluding carboxylic acids is 2. The highest BCUT2D eigenvalue weighted by Crippen LogP contribution is 2.24. The summed E-state index contributed by atoms with van der Waals surface area (Å²) in [7, 11) is 0. The number of hydrogen-bond donors (Lipinski definition) is 1. The van der Waals surface area contributed by atoms with E-state index >= 15 is 0 Å². The number of likely N-dealkylation sites (tertiary alicyclic amines) is 1. The number of rotatable bonds is 5. The highest BCUT2D eigenvalue weighted by atomic mass is 19.1. The van der Waals surface area contributed by atoms with E-state index in [0.29, 0.717) is 31.5 Å². The average Bonchev–Trinajstić information content (AvgIpc) is 2.70. The molecule has 0 radical (unpaired) electrons. The predicted molar refractivity (Wildman–Crippen MR) is 103 cm³/mol. The summed E-state index contributed by atoms with van der Waals surface area (Å²) in [5, 5.41) is 2.95. The minimum absolute atomic E-state index is 0.00150. The zero-order chi connectivity index (χ0) is 19.2. The third kappa shape index (κ3) is 4.73. The lowest BCUT2D eigenvalue weighted by Gasteiger charge is -2.34. The van der Waals surface area contributed by atoms with Crippen LogP contribution < -0.4 is 5.32 Å². The molecule has 1 N–H and O–H groups in total. The van der Waals surface area contributed by atoms with Gasteiger partial charge in [0, 0.05) is 24.7 Å². The Morgan fingerprint density at radius 3 is 2.44 bits per heavy atom. The Balaban J connectivity index is 1.55. The molecule has 1 unspecified atom stereocenters. The number of piperidine rings is 1. The largest absolute Gasteiger partial charge is 0.349 e. The maximum Gasteiger partial charge on any atom is 0.251 e. The van der Waals surface area contributed by atoms with Crippen molar-refractivity contribution in [2.24, 2.45) is 0 Å². The molecule has 0 aliphatic carbocycles. The second-order valence-corrected chi connectivity index (χ2v) is 6.95. The summed E-state index contributed by atoms with van der Waals surface area (Å²) >= 11 is 0. The average molecular weight is 368 g/mol. The molecule has 0 aromatic heterocycles. The number of halogens is 1. The summed E-state index contributed by atoms with van der Waals surface area (Å²) < 4.78 is 13.3. The molecule has 1 atom stereocenters. The van der Waals surface area contributed by atoms with Crippen LogP contribution in [0, 0.1) is 5.82 Å². The molecule has 1 heterocycles. The summed E-state index contributed by atoms with van der Waals surface area (Å²) in [4.78, 5) is 27.1. The molecule has 1 fully saturated rings. The van der Waals surface area contributed by atoms with Gasteiger partial charge in [0.2, 0.25) is 5.91 Å². The maximum atomic E-state index is 13.3. The van der Waals surface area contributed by atoms with Crippen molar-refractivity contribution in [2.45, 2.75) is 38.1 Å². The van der Waals surface area contributed by atoms with Crippen LogP contribution in [0.2, 0.25) is 0 Å². The van der Waals surface area contributed by atoms with E-state index in [1.807, 2.05) is 42.2 Å². The first-order valence-corrected chi connectivity index (χ1v) is 9.48. The van der Waals surface area contributed by atoms with Crippen molar-refractivity contribution in [3.05, 3.63) is 71.5 Å². The van der Waals surface area contributed by atoms with Crippen LogP contribution in [0.15, 0.2) is 54.6 Å². The van der Waals surface area contributed by atoms with E-state index in [9.17, 15) is 14.0 Å². The Morgan fingerprint density at radius 1 is 1.11 bits per heavy atom. The molecule has 2 aromatic carbocycles. The lowest BCUT2D eigenvalue weighted by molar-refractivity contribution is -0.134. The van der Waals surface area contributed by atoms with Crippen molar-refractivity contribution in [3.8, 4) is 0 Å². The first-order valence-electron chi connectivity index (χ1n) is 9.48. The van der Waals surface area contributed by atoms with Gasteiger partial charge < -0.3 is 10.2 Å². The molecule has 142 valence electrons. The molecule has 2 amide bonds. The fraction of sp³-hybridized carbons (Fsp3) is 0.364. The van der Waals surface area contributed by atoms with Gasteiger partial charge >= 0.3 is 0 Å². The number of benzene rings is 2. The van der Waals surface area contributed by atoms with Crippen LogP contribution in [0.5, 0.6) is 0 Å². The summed E-state index contributed by atoms with van der Waals surface area (Å²) in [5.74, 6) is -0.659. The van der Waals surface area contributed by atoms with Gasteiger partial charge in [-0.2, -0.15) is 0 Å². The molecule has 1 saturated heterocycles. The third-order valence-electron chi connectivity index (χ3n) is 5.14. The fourth-order valence-electron chi connectivity index (χ4n) is 3.60. The van der Waals surface area contributed by atoms with E-state index in [1.54, 1.807) is 6.07 Å². The lowest BCUT2D eigenvalue weighted by Crippen LogP contribution is -2.47. The van der Waals surface area contributed by atoms with E-state index in [0.717, 1.165) is 12.0 Å². The molecule has 0 bridgehead atoms. The molecule has 4 nitrogen and oxygen atoms in total. The smallest absolute Gasteiger partial charge is 0.251 e. The Morgan fingerprint density at radius 2 is 1.81 bits per heavy atom. The van der Waals surface area contributed by atoms with Crippen LogP contribution in [-0.2, 0) is 4.79 Å². The summed E-state index contributed by atoms with van der Waals surface area (Å²) in [5.41, 5.74) is 1.37. The number of nitrogens with zero attached hydrogens (tertiary/aromatic N) is 1. The van der Waals surface area contributed by atoms with Crippen LogP contribution in [0.25, 0.3) is 0 Å². The van der Waals surface area contributed by atoms with Crippen molar-refractivity contribution in [2.75, 3.05) is 13.1 Å². The molecule has 1 aliphatic heterocycles. The quantitative estimate of drug-likeness (QED) is 0.874. The molecular weight excluding hydrogens is 343 g/mol. The molecule has 1 aliphatic rings. The Bertz CT molecular complexity index is 786. The second kappa shape index (κ2) is 8.80. The first-order chi connectivity index (χ1) is 13.1. The van der Waals surface area contributed by atoms with Crippen LogP contribution in [0.3, 0.4) is 0 Å². The monoisotopic (exact) mass is 368 g/mol. The highest BCUT2D eigenvalue weighted by Gasteiger charge is 2.28. The molecule has 2 aromatic rings. The molecule has 3 rings (SSSR count). The van der Waals surface area contributed by atoms with Gasteiger partial charge in [-0.05, 0) is 43.0 Å². The van der Waals surface area contributed by atoms with Crippen molar-refractivity contribution in [3.63, 3.8) is 0 Å². The van der Waals surface area contributed by atoms with Gasteiger partial charge in [0.1, 0.15) is 5.82 Å². The molecule has 27 heavy (non-hydrogen) atoms. The van der Waals surface area contributed by atoms with Crippen LogP contribution in [0.1, 0.15) is 48.0 Å². The van der Waals surface area contributed by atoms with Gasteiger partial charge in [-0.3, -0.25) is 9.59 Å². The Kier molecular flexibility index (Phi) is 6.22. The van der Waals surface area contributed by atoms with Gasteiger partial charge in [-0.25, -0.2) is 4.39 Å². The molecule has 0 saturated carbocycles. The van der Waals surface area contributed by atoms with E-state index in [4.69, 9.17) is 0 Å². The molecule has 0 spiro atoms. The van der Waals surface area contributed by atoms with E-state index < -0.39 is 5.82 Å². The van der Waals surface area contributed by atoms with Crippen LogP contribution >= 0.6 is 0 Å². The number of hydrogen-bond acceptors (Lipinski definition) is 2. The van der Waals surface area contributed by atoms with Crippen LogP contribution in [0.4, 0.5) is 4.39 Å². The first kappa shape index (κ1) is 19.1. The minimum Gasteiger partial charge on any atom is -0.349 e. The zero-order valence-corrected chi connectivity index (χ0v) is 15.5. The standard InChI is InChI=1S/C22H25FN2O2/c1-2-20(16-7-4-3-5-8-16)22(27)25-13-11-19(12-14-25)24-21(26)17-9-6-10-18(23)15-17/h3-10,15,19-20H,2,11-14H2,1H3,(H,24,26). The van der Waals surface area contributed by atoms with E-state index in [2.05, 4.69) is 5.32 Å². The maximum absolute atomic E-state index is 13.3. The topological polar surface area (TPSA) is 49.4 Å². The second-order valence-electron chi connectivity index (χ2n) is 6.95. The highest BCUT2D eigenvalue weighted by molar-refractivity contribution is 5.94. The van der Waals surface area contributed by atoms with E-state index in [1.165, 1.54) is 18.2 Å². The van der Waals surface area contributed by atoms with Gasteiger partial charge in [0.15, 0.2) is 0 Å². The van der Waals surface area contributed by atoms with E-state index in [-0.39, 0.29) is 23.8 Å². The normalized spacial score (nSPS) is 16.0. The van der Waals surface area contributed by atoms with Crippen molar-refractivity contribution >= 4 is 11.8 Å². The lowest BCUT2D eigenvalue weighted by atomic mass is 9.93. The Labute approximate surface area is 159 Å². The number of amides is 2. The fourth-order valence-corrected chi connectivity index (χ4v) is 3.60. The van der Waals surface area contributed by atoms with Gasteiger partial charge in [-0.1, -0.05) is 43.3 Å². The molecular formula is C22H25FN2O2.